The monoisotopic (exact) mass is 275 g/mol. The Balaban J connectivity index is 2.23. The molecule has 0 unspecified atom stereocenters. The highest BCUT2D eigenvalue weighted by Gasteiger charge is 2.32. The molecule has 0 fully saturated rings. The van der Waals surface area contributed by atoms with Gasteiger partial charge in [0.05, 0.1) is 11.1 Å². The minimum absolute atomic E-state index is 0.222. The van der Waals surface area contributed by atoms with Gasteiger partial charge < -0.3 is 10.2 Å². The van der Waals surface area contributed by atoms with Crippen LogP contribution < -0.4 is 5.32 Å². The summed E-state index contributed by atoms with van der Waals surface area (Å²) < 4.78 is 0. The van der Waals surface area contributed by atoms with Crippen molar-refractivity contribution in [3.63, 3.8) is 0 Å². The van der Waals surface area contributed by atoms with E-state index >= 15 is 0 Å². The molecule has 4 amide bonds. The number of hydrogen-bond acceptors (Lipinski definition) is 3. The van der Waals surface area contributed by atoms with Crippen LogP contribution in [0.15, 0.2) is 18.2 Å². The molecule has 1 aliphatic heterocycles. The summed E-state index contributed by atoms with van der Waals surface area (Å²) in [6.45, 7) is 4.99. The van der Waals surface area contributed by atoms with Crippen molar-refractivity contribution in [2.75, 3.05) is 25.5 Å². The Morgan fingerprint density at radius 1 is 1.15 bits per heavy atom. The van der Waals surface area contributed by atoms with Crippen LogP contribution in [0.25, 0.3) is 0 Å². The molecule has 106 valence electrons. The lowest BCUT2D eigenvalue weighted by molar-refractivity contribution is 0.0693. The maximum atomic E-state index is 11.9. The summed E-state index contributed by atoms with van der Waals surface area (Å²) in [4.78, 5) is 38.3. The van der Waals surface area contributed by atoms with Crippen LogP contribution in [0.1, 0.15) is 34.6 Å². The van der Waals surface area contributed by atoms with Gasteiger partial charge in [0.1, 0.15) is 0 Å². The molecule has 0 bridgehead atoms. The molecule has 1 aliphatic rings. The molecule has 0 spiro atoms. The molecule has 0 radical (unpaired) electrons. The highest BCUT2D eigenvalue weighted by atomic mass is 16.2. The largest absolute Gasteiger partial charge is 0.325 e. The predicted molar refractivity (Wildman–Crippen MR) is 74.8 cm³/mol. The van der Waals surface area contributed by atoms with Crippen LogP contribution in [-0.4, -0.2) is 47.8 Å². The van der Waals surface area contributed by atoms with Crippen molar-refractivity contribution in [1.29, 1.82) is 0 Å². The molecule has 0 atom stereocenters. The van der Waals surface area contributed by atoms with E-state index in [1.807, 2.05) is 13.8 Å². The third-order valence-electron chi connectivity index (χ3n) is 3.39. The third kappa shape index (κ3) is 2.24. The number of hydrogen-bond donors (Lipinski definition) is 1. The van der Waals surface area contributed by atoms with E-state index in [4.69, 9.17) is 0 Å². The van der Waals surface area contributed by atoms with E-state index < -0.39 is 0 Å². The SMILES string of the molecule is CCN(CC)C(=O)Nc1ccc2c(c1)C(=O)N(C)C2=O. The molecule has 0 saturated heterocycles. The zero-order chi connectivity index (χ0) is 14.9. The van der Waals surface area contributed by atoms with Crippen LogP contribution >= 0.6 is 0 Å². The number of amides is 4. The molecule has 0 saturated carbocycles. The topological polar surface area (TPSA) is 69.7 Å². The number of nitrogens with one attached hydrogen (secondary N) is 1. The molecule has 2 rings (SSSR count). The highest BCUT2D eigenvalue weighted by molar-refractivity contribution is 6.21. The Kier molecular flexibility index (Phi) is 3.74. The van der Waals surface area contributed by atoms with Gasteiger partial charge in [0.2, 0.25) is 0 Å². The lowest BCUT2D eigenvalue weighted by atomic mass is 10.1. The molecule has 0 aromatic heterocycles. The van der Waals surface area contributed by atoms with Gasteiger partial charge in [0.15, 0.2) is 0 Å². The summed E-state index contributed by atoms with van der Waals surface area (Å²) in [5.74, 6) is -0.657. The minimum atomic E-state index is -0.344. The zero-order valence-corrected chi connectivity index (χ0v) is 11.8. The number of imide groups is 1. The normalized spacial score (nSPS) is 13.4. The first-order valence-corrected chi connectivity index (χ1v) is 6.52. The summed E-state index contributed by atoms with van der Waals surface area (Å²) >= 11 is 0. The summed E-state index contributed by atoms with van der Waals surface area (Å²) in [5, 5.41) is 2.73. The van der Waals surface area contributed by atoms with Crippen LogP contribution in [0.2, 0.25) is 0 Å². The Hall–Kier alpha value is -2.37. The van der Waals surface area contributed by atoms with Gasteiger partial charge in [-0.15, -0.1) is 0 Å². The van der Waals surface area contributed by atoms with Gasteiger partial charge in [0, 0.05) is 25.8 Å². The average molecular weight is 275 g/mol. The number of rotatable bonds is 3. The highest BCUT2D eigenvalue weighted by Crippen LogP contribution is 2.24. The number of carbonyl (C=O) groups is 3. The fourth-order valence-corrected chi connectivity index (χ4v) is 2.15. The van der Waals surface area contributed by atoms with Crippen molar-refractivity contribution in [2.24, 2.45) is 0 Å². The fourth-order valence-electron chi connectivity index (χ4n) is 2.15. The lowest BCUT2D eigenvalue weighted by Crippen LogP contribution is -2.34. The van der Waals surface area contributed by atoms with E-state index in [1.165, 1.54) is 7.05 Å². The molecule has 1 N–H and O–H groups in total. The van der Waals surface area contributed by atoms with E-state index in [0.29, 0.717) is 29.9 Å². The number of nitrogens with zero attached hydrogens (tertiary/aromatic N) is 2. The molecule has 6 nitrogen and oxygen atoms in total. The van der Waals surface area contributed by atoms with E-state index in [0.717, 1.165) is 4.90 Å². The lowest BCUT2D eigenvalue weighted by Gasteiger charge is -2.19. The molecule has 1 heterocycles. The van der Waals surface area contributed by atoms with Crippen LogP contribution in [-0.2, 0) is 0 Å². The summed E-state index contributed by atoms with van der Waals surface area (Å²) in [6.07, 6.45) is 0. The van der Waals surface area contributed by atoms with Crippen molar-refractivity contribution < 1.29 is 14.4 Å². The van der Waals surface area contributed by atoms with Gasteiger partial charge in [0.25, 0.3) is 11.8 Å². The molecule has 1 aromatic rings. The van der Waals surface area contributed by atoms with Crippen molar-refractivity contribution >= 4 is 23.5 Å². The fraction of sp³-hybridized carbons (Fsp3) is 0.357. The number of fused-ring (bicyclic) bond motifs is 1. The van der Waals surface area contributed by atoms with Crippen molar-refractivity contribution in [1.82, 2.24) is 9.80 Å². The van der Waals surface area contributed by atoms with E-state index in [-0.39, 0.29) is 17.8 Å². The third-order valence-corrected chi connectivity index (χ3v) is 3.39. The molecule has 1 aromatic carbocycles. The molecule has 6 heteroatoms. The Bertz CT molecular complexity index is 579. The average Bonchev–Trinajstić information content (AvgIpc) is 2.65. The first-order chi connectivity index (χ1) is 9.49. The standard InChI is InChI=1S/C14H17N3O3/c1-4-17(5-2)14(20)15-9-6-7-10-11(8-9)13(19)16(3)12(10)18/h6-8H,4-5H2,1-3H3,(H,15,20). The van der Waals surface area contributed by atoms with Crippen molar-refractivity contribution in [3.05, 3.63) is 29.3 Å². The second-order valence-electron chi connectivity index (χ2n) is 4.53. The van der Waals surface area contributed by atoms with Gasteiger partial charge in [-0.3, -0.25) is 14.5 Å². The Morgan fingerprint density at radius 2 is 1.75 bits per heavy atom. The van der Waals surface area contributed by atoms with E-state index in [9.17, 15) is 14.4 Å². The van der Waals surface area contributed by atoms with Gasteiger partial charge in [-0.2, -0.15) is 0 Å². The predicted octanol–water partition coefficient (Wildman–Crippen LogP) is 1.79. The number of anilines is 1. The first kappa shape index (κ1) is 14.0. The Morgan fingerprint density at radius 3 is 2.35 bits per heavy atom. The van der Waals surface area contributed by atoms with Gasteiger partial charge in [-0.1, -0.05) is 0 Å². The second-order valence-corrected chi connectivity index (χ2v) is 4.53. The molecule has 20 heavy (non-hydrogen) atoms. The summed E-state index contributed by atoms with van der Waals surface area (Å²) in [7, 11) is 1.44. The smallest absolute Gasteiger partial charge is 0.321 e. The van der Waals surface area contributed by atoms with Gasteiger partial charge in [-0.25, -0.2) is 4.79 Å². The van der Waals surface area contributed by atoms with Crippen molar-refractivity contribution in [3.8, 4) is 0 Å². The van der Waals surface area contributed by atoms with Crippen LogP contribution in [0.5, 0.6) is 0 Å². The summed E-state index contributed by atoms with van der Waals surface area (Å²) in [5.41, 5.74) is 1.21. The molecule has 0 aliphatic carbocycles. The molecular formula is C14H17N3O3. The maximum absolute atomic E-state index is 11.9. The second kappa shape index (κ2) is 5.32. The number of urea groups is 1. The first-order valence-electron chi connectivity index (χ1n) is 6.52. The number of benzene rings is 1. The van der Waals surface area contributed by atoms with Gasteiger partial charge >= 0.3 is 6.03 Å². The summed E-state index contributed by atoms with van der Waals surface area (Å²) in [6, 6.07) is 4.52. The van der Waals surface area contributed by atoms with Crippen LogP contribution in [0.4, 0.5) is 10.5 Å². The van der Waals surface area contributed by atoms with Gasteiger partial charge in [-0.05, 0) is 32.0 Å². The quantitative estimate of drug-likeness (QED) is 0.855. The van der Waals surface area contributed by atoms with Crippen LogP contribution in [0.3, 0.4) is 0 Å². The van der Waals surface area contributed by atoms with E-state index in [2.05, 4.69) is 5.32 Å². The minimum Gasteiger partial charge on any atom is -0.325 e. The van der Waals surface area contributed by atoms with Crippen molar-refractivity contribution in [2.45, 2.75) is 13.8 Å². The number of carbonyl (C=O) groups excluding carboxylic acids is 3. The zero-order valence-electron chi connectivity index (χ0n) is 11.8. The van der Waals surface area contributed by atoms with E-state index in [1.54, 1.807) is 23.1 Å². The van der Waals surface area contributed by atoms with Crippen LogP contribution in [0, 0.1) is 0 Å². The molecular weight excluding hydrogens is 258 g/mol. The maximum Gasteiger partial charge on any atom is 0.321 e. The Labute approximate surface area is 117 Å².